The molecule has 0 aliphatic heterocycles. The molecule has 0 aliphatic carbocycles. The van der Waals surface area contributed by atoms with Crippen LogP contribution in [-0.4, -0.2) is 30.2 Å². The fourth-order valence-electron chi connectivity index (χ4n) is 3.06. The number of hydrogen-bond acceptors (Lipinski definition) is 6. The lowest BCUT2D eigenvalue weighted by atomic mass is 10.1. The monoisotopic (exact) mass is 468 g/mol. The molecule has 1 heterocycles. The van der Waals surface area contributed by atoms with Crippen LogP contribution in [0.15, 0.2) is 41.2 Å². The van der Waals surface area contributed by atoms with E-state index in [1.54, 1.807) is 18.2 Å². The van der Waals surface area contributed by atoms with Crippen LogP contribution in [0.3, 0.4) is 0 Å². The molecular formula is C21H19F3N2O5S. The number of aromatic nitrogens is 1. The average Bonchev–Trinajstić information content (AvgIpc) is 3.07. The van der Waals surface area contributed by atoms with Crippen molar-refractivity contribution in [3.05, 3.63) is 73.2 Å². The number of thiazole rings is 1. The summed E-state index contributed by atoms with van der Waals surface area (Å²) in [6.07, 6.45) is -4.27. The number of carbonyl (C=O) groups excluding carboxylic acids is 1. The Morgan fingerprint density at radius 3 is 2.44 bits per heavy atom. The number of rotatable bonds is 7. The van der Waals surface area contributed by atoms with Crippen molar-refractivity contribution in [1.82, 2.24) is 10.3 Å². The summed E-state index contributed by atoms with van der Waals surface area (Å²) in [7, 11) is 2.65. The zero-order chi connectivity index (χ0) is 23.5. The molecular weight excluding hydrogens is 449 g/mol. The summed E-state index contributed by atoms with van der Waals surface area (Å²) in [6, 6.07) is 7.82. The molecule has 3 N–H and O–H groups in total. The van der Waals surface area contributed by atoms with Gasteiger partial charge >= 0.3 is 11.0 Å². The van der Waals surface area contributed by atoms with Gasteiger partial charge in [0.1, 0.15) is 11.5 Å². The number of methoxy groups -OCH3 is 2. The molecule has 1 amide bonds. The van der Waals surface area contributed by atoms with Gasteiger partial charge in [0.05, 0.1) is 30.2 Å². The van der Waals surface area contributed by atoms with E-state index in [1.165, 1.54) is 14.2 Å². The molecule has 0 spiro atoms. The molecule has 7 nitrogen and oxygen atoms in total. The Bertz CT molecular complexity index is 1190. The molecule has 3 rings (SSSR count). The number of aromatic hydroxyl groups is 1. The molecule has 3 aromatic rings. The Balaban J connectivity index is 1.79. The van der Waals surface area contributed by atoms with Gasteiger partial charge in [-0.2, -0.15) is 13.2 Å². The van der Waals surface area contributed by atoms with Crippen LogP contribution in [0.25, 0.3) is 0 Å². The topological polar surface area (TPSA) is 101 Å². The van der Waals surface area contributed by atoms with Crippen molar-refractivity contribution in [2.24, 2.45) is 0 Å². The van der Waals surface area contributed by atoms with Crippen molar-refractivity contribution in [1.29, 1.82) is 0 Å². The van der Waals surface area contributed by atoms with E-state index in [2.05, 4.69) is 10.3 Å². The molecule has 0 aliphatic rings. The summed E-state index contributed by atoms with van der Waals surface area (Å²) in [5.41, 5.74) is 0.396. The number of ether oxygens (including phenoxy) is 2. The highest BCUT2D eigenvalue weighted by Gasteiger charge is 2.31. The van der Waals surface area contributed by atoms with E-state index in [4.69, 9.17) is 9.47 Å². The smallest absolute Gasteiger partial charge is 0.416 e. The molecule has 0 atom stereocenters. The number of hydrogen-bond donors (Lipinski definition) is 3. The van der Waals surface area contributed by atoms with Crippen LogP contribution in [-0.2, 0) is 19.1 Å². The summed E-state index contributed by atoms with van der Waals surface area (Å²) in [4.78, 5) is 26.4. The van der Waals surface area contributed by atoms with E-state index in [9.17, 15) is 27.9 Å². The number of halogens is 3. The molecule has 0 bridgehead atoms. The van der Waals surface area contributed by atoms with E-state index in [-0.39, 0.29) is 35.0 Å². The van der Waals surface area contributed by atoms with E-state index < -0.39 is 17.6 Å². The van der Waals surface area contributed by atoms with E-state index in [0.717, 1.165) is 35.1 Å². The highest BCUT2D eigenvalue weighted by Crippen LogP contribution is 2.33. The van der Waals surface area contributed by atoms with Crippen molar-refractivity contribution in [2.75, 3.05) is 14.2 Å². The lowest BCUT2D eigenvalue weighted by Gasteiger charge is -2.14. The number of H-pyrrole nitrogens is 1. The van der Waals surface area contributed by atoms with Gasteiger partial charge in [0, 0.05) is 18.5 Å². The maximum atomic E-state index is 12.9. The standard InChI is InChI=1S/C21H19F3N2O5S/c1-30-15-6-3-11(8-17-19(28)26-20(29)32-17)7-12(15)10-25-18(27)14-5-4-13(21(22,23)24)9-16(14)31-2/h3-7,9,28H,8,10H2,1-2H3,(H,25,27)(H,26,29). The molecule has 0 unspecified atom stereocenters. The second kappa shape index (κ2) is 9.35. The van der Waals surface area contributed by atoms with E-state index in [1.807, 2.05) is 0 Å². The first-order valence-corrected chi connectivity index (χ1v) is 10.0. The normalized spacial score (nSPS) is 11.3. The number of nitrogens with one attached hydrogen (secondary N) is 2. The number of benzene rings is 2. The van der Waals surface area contributed by atoms with Crippen LogP contribution < -0.4 is 19.7 Å². The zero-order valence-electron chi connectivity index (χ0n) is 17.0. The Hall–Kier alpha value is -3.47. The lowest BCUT2D eigenvalue weighted by Crippen LogP contribution is -2.24. The Labute approximate surface area is 184 Å². The molecule has 2 aromatic carbocycles. The third kappa shape index (κ3) is 5.22. The molecule has 11 heteroatoms. The summed E-state index contributed by atoms with van der Waals surface area (Å²) in [6.45, 7) is 0.0232. The second-order valence-electron chi connectivity index (χ2n) is 6.70. The number of carbonyl (C=O) groups is 1. The molecule has 0 fully saturated rings. The Morgan fingerprint density at radius 1 is 1.12 bits per heavy atom. The van der Waals surface area contributed by atoms with E-state index in [0.29, 0.717) is 16.2 Å². The van der Waals surface area contributed by atoms with Gasteiger partial charge in [0.25, 0.3) is 5.91 Å². The molecule has 32 heavy (non-hydrogen) atoms. The van der Waals surface area contributed by atoms with Gasteiger partial charge in [0.15, 0.2) is 0 Å². The fraction of sp³-hybridized carbons (Fsp3) is 0.238. The van der Waals surface area contributed by atoms with Crippen molar-refractivity contribution in [3.63, 3.8) is 0 Å². The highest BCUT2D eigenvalue weighted by molar-refractivity contribution is 7.09. The van der Waals surface area contributed by atoms with Crippen molar-refractivity contribution < 1.29 is 32.5 Å². The molecule has 0 radical (unpaired) electrons. The summed E-state index contributed by atoms with van der Waals surface area (Å²) in [5.74, 6) is -0.527. The van der Waals surface area contributed by atoms with Gasteiger partial charge in [-0.3, -0.25) is 14.6 Å². The fourth-order valence-corrected chi connectivity index (χ4v) is 3.82. The van der Waals surface area contributed by atoms with Crippen LogP contribution in [0.5, 0.6) is 17.4 Å². The SMILES string of the molecule is COc1ccc(Cc2sc(=O)[nH]c2O)cc1CNC(=O)c1ccc(C(F)(F)F)cc1OC. The first-order chi connectivity index (χ1) is 15.1. The second-order valence-corrected chi connectivity index (χ2v) is 7.77. The maximum Gasteiger partial charge on any atom is 0.416 e. The summed E-state index contributed by atoms with van der Waals surface area (Å²) < 4.78 is 49.0. The van der Waals surface area contributed by atoms with Gasteiger partial charge in [-0.05, 0) is 35.9 Å². The minimum Gasteiger partial charge on any atom is -0.496 e. The first kappa shape index (κ1) is 23.2. The van der Waals surface area contributed by atoms with Gasteiger partial charge in [-0.1, -0.05) is 17.4 Å². The molecule has 170 valence electrons. The predicted molar refractivity (Wildman–Crippen MR) is 112 cm³/mol. The van der Waals surface area contributed by atoms with Crippen LogP contribution >= 0.6 is 11.3 Å². The predicted octanol–water partition coefficient (Wildman–Crippen LogP) is 3.70. The van der Waals surface area contributed by atoms with Gasteiger partial charge in [0.2, 0.25) is 5.88 Å². The quantitative estimate of drug-likeness (QED) is 0.491. The van der Waals surface area contributed by atoms with Crippen LogP contribution in [0, 0.1) is 0 Å². The van der Waals surface area contributed by atoms with Crippen molar-refractivity contribution in [2.45, 2.75) is 19.1 Å². The maximum absolute atomic E-state index is 12.9. The summed E-state index contributed by atoms with van der Waals surface area (Å²) >= 11 is 0.891. The average molecular weight is 468 g/mol. The van der Waals surface area contributed by atoms with Gasteiger partial charge in [-0.25, -0.2) is 0 Å². The van der Waals surface area contributed by atoms with Crippen molar-refractivity contribution >= 4 is 17.2 Å². The van der Waals surface area contributed by atoms with Crippen LogP contribution in [0.4, 0.5) is 13.2 Å². The molecule has 1 aromatic heterocycles. The minimum absolute atomic E-state index is 0.0232. The number of aromatic amines is 1. The van der Waals surface area contributed by atoms with Gasteiger partial charge in [-0.15, -0.1) is 0 Å². The first-order valence-electron chi connectivity index (χ1n) is 9.22. The molecule has 0 saturated heterocycles. The van der Waals surface area contributed by atoms with Crippen LogP contribution in [0.2, 0.25) is 0 Å². The van der Waals surface area contributed by atoms with E-state index >= 15 is 0 Å². The van der Waals surface area contributed by atoms with Crippen LogP contribution in [0.1, 0.15) is 31.9 Å². The number of amides is 1. The lowest BCUT2D eigenvalue weighted by molar-refractivity contribution is -0.137. The largest absolute Gasteiger partial charge is 0.496 e. The van der Waals surface area contributed by atoms with Crippen molar-refractivity contribution in [3.8, 4) is 17.4 Å². The highest BCUT2D eigenvalue weighted by atomic mass is 32.1. The summed E-state index contributed by atoms with van der Waals surface area (Å²) in [5, 5.41) is 12.4. The third-order valence-electron chi connectivity index (χ3n) is 4.62. The number of alkyl halides is 3. The molecule has 0 saturated carbocycles. The Kier molecular flexibility index (Phi) is 6.78. The minimum atomic E-state index is -4.56. The third-order valence-corrected chi connectivity index (χ3v) is 5.49. The van der Waals surface area contributed by atoms with Gasteiger partial charge < -0.3 is 19.9 Å². The zero-order valence-corrected chi connectivity index (χ0v) is 17.8. The Morgan fingerprint density at radius 2 is 1.84 bits per heavy atom.